The Kier molecular flexibility index (Phi) is 7.23. The van der Waals surface area contributed by atoms with Crippen LogP contribution in [0.15, 0.2) is 0 Å². The molecule has 1 aliphatic heterocycles. The monoisotopic (exact) mass is 350 g/mol. The Balaban J connectivity index is 2.24. The quantitative estimate of drug-likeness (QED) is 0.560. The normalized spacial score (nSPS) is 16.7. The second-order valence-electron chi connectivity index (χ2n) is 6.24. The summed E-state index contributed by atoms with van der Waals surface area (Å²) in [6.45, 7) is 6.76. The van der Waals surface area contributed by atoms with E-state index in [2.05, 4.69) is 16.0 Å². The summed E-state index contributed by atoms with van der Waals surface area (Å²) in [6.07, 6.45) is 0. The summed E-state index contributed by atoms with van der Waals surface area (Å²) in [7, 11) is -3.40. The zero-order chi connectivity index (χ0) is 17.5. The summed E-state index contributed by atoms with van der Waals surface area (Å²) < 4.78 is 30.5. The van der Waals surface area contributed by atoms with Gasteiger partial charge in [0.05, 0.1) is 25.5 Å². The molecule has 23 heavy (non-hydrogen) atoms. The molecular weight excluding hydrogens is 324 g/mol. The predicted molar refractivity (Wildman–Crippen MR) is 85.5 cm³/mol. The summed E-state index contributed by atoms with van der Waals surface area (Å²) >= 11 is 0. The van der Waals surface area contributed by atoms with Crippen LogP contribution >= 0.6 is 0 Å². The van der Waals surface area contributed by atoms with Gasteiger partial charge in [0.15, 0.2) is 0 Å². The number of morpholine rings is 1. The number of nitrogens with one attached hydrogen (secondary N) is 3. The van der Waals surface area contributed by atoms with Crippen molar-refractivity contribution in [3.05, 3.63) is 0 Å². The molecule has 1 saturated heterocycles. The maximum Gasteiger partial charge on any atom is 0.315 e. The maximum absolute atomic E-state index is 12.0. The smallest absolute Gasteiger partial charge is 0.315 e. The van der Waals surface area contributed by atoms with Gasteiger partial charge >= 0.3 is 6.03 Å². The highest BCUT2D eigenvalue weighted by molar-refractivity contribution is 7.89. The van der Waals surface area contributed by atoms with Crippen molar-refractivity contribution >= 4 is 22.0 Å². The van der Waals surface area contributed by atoms with Crippen molar-refractivity contribution < 1.29 is 22.7 Å². The van der Waals surface area contributed by atoms with Gasteiger partial charge in [-0.05, 0) is 20.8 Å². The zero-order valence-corrected chi connectivity index (χ0v) is 14.7. The van der Waals surface area contributed by atoms with Crippen LogP contribution in [0.25, 0.3) is 0 Å². The van der Waals surface area contributed by atoms with Crippen LogP contribution in [0.1, 0.15) is 20.8 Å². The standard InChI is InChI=1S/C13H26N4O5S/c1-13(2,3)16-11(18)10-15-12(19)14-4-9-23(20,21)17-5-7-22-8-6-17/h4-10H2,1-3H3,(H,16,18)(H2,14,15,19). The van der Waals surface area contributed by atoms with Crippen molar-refractivity contribution in [1.29, 1.82) is 0 Å². The summed E-state index contributed by atoms with van der Waals surface area (Å²) in [5, 5.41) is 7.51. The van der Waals surface area contributed by atoms with Crippen molar-refractivity contribution in [1.82, 2.24) is 20.3 Å². The lowest BCUT2D eigenvalue weighted by Crippen LogP contribution is -2.48. The molecule has 10 heteroatoms. The van der Waals surface area contributed by atoms with Crippen LogP contribution in [0.4, 0.5) is 4.79 Å². The Labute approximate surface area is 137 Å². The second-order valence-corrected chi connectivity index (χ2v) is 8.32. The molecule has 0 radical (unpaired) electrons. The molecule has 0 aromatic rings. The van der Waals surface area contributed by atoms with Crippen molar-refractivity contribution in [2.75, 3.05) is 45.1 Å². The van der Waals surface area contributed by atoms with Gasteiger partial charge in [-0.15, -0.1) is 0 Å². The molecule has 3 N–H and O–H groups in total. The summed E-state index contributed by atoms with van der Waals surface area (Å²) in [5.74, 6) is -0.497. The average molecular weight is 350 g/mol. The highest BCUT2D eigenvalue weighted by Crippen LogP contribution is 2.04. The molecular formula is C13H26N4O5S. The van der Waals surface area contributed by atoms with Gasteiger partial charge < -0.3 is 20.7 Å². The second kappa shape index (κ2) is 8.46. The topological polar surface area (TPSA) is 117 Å². The van der Waals surface area contributed by atoms with Crippen LogP contribution in [0.2, 0.25) is 0 Å². The van der Waals surface area contributed by atoms with E-state index in [9.17, 15) is 18.0 Å². The van der Waals surface area contributed by atoms with Crippen LogP contribution in [0.5, 0.6) is 0 Å². The van der Waals surface area contributed by atoms with Gasteiger partial charge in [0.2, 0.25) is 15.9 Å². The minimum absolute atomic E-state index is 0.0214. The third-order valence-corrected chi connectivity index (χ3v) is 4.80. The zero-order valence-electron chi connectivity index (χ0n) is 13.8. The molecule has 0 aromatic heterocycles. The van der Waals surface area contributed by atoms with Crippen molar-refractivity contribution in [2.45, 2.75) is 26.3 Å². The lowest BCUT2D eigenvalue weighted by atomic mass is 10.1. The molecule has 0 spiro atoms. The first-order valence-corrected chi connectivity index (χ1v) is 9.09. The molecule has 9 nitrogen and oxygen atoms in total. The highest BCUT2D eigenvalue weighted by Gasteiger charge is 2.24. The summed E-state index contributed by atoms with van der Waals surface area (Å²) in [4.78, 5) is 23.1. The van der Waals surface area contributed by atoms with E-state index in [0.717, 1.165) is 0 Å². The minimum atomic E-state index is -3.40. The Hall–Kier alpha value is -1.39. The number of sulfonamides is 1. The number of carbonyl (C=O) groups is 2. The Bertz CT molecular complexity index is 509. The van der Waals surface area contributed by atoms with Crippen LogP contribution < -0.4 is 16.0 Å². The molecule has 0 aromatic carbocycles. The molecule has 0 bridgehead atoms. The predicted octanol–water partition coefficient (Wildman–Crippen LogP) is -1.14. The molecule has 0 unspecified atom stereocenters. The van der Waals surface area contributed by atoms with Crippen LogP contribution in [0.3, 0.4) is 0 Å². The summed E-state index contributed by atoms with van der Waals surface area (Å²) in [6, 6.07) is -0.578. The van der Waals surface area contributed by atoms with Gasteiger partial charge in [-0.2, -0.15) is 4.31 Å². The van der Waals surface area contributed by atoms with E-state index in [1.165, 1.54) is 4.31 Å². The number of urea groups is 1. The van der Waals surface area contributed by atoms with Gasteiger partial charge in [0, 0.05) is 25.2 Å². The minimum Gasteiger partial charge on any atom is -0.379 e. The van der Waals surface area contributed by atoms with Crippen LogP contribution in [-0.2, 0) is 19.6 Å². The van der Waals surface area contributed by atoms with Gasteiger partial charge in [-0.3, -0.25) is 4.79 Å². The lowest BCUT2D eigenvalue weighted by molar-refractivity contribution is -0.121. The fourth-order valence-electron chi connectivity index (χ4n) is 1.93. The first-order valence-electron chi connectivity index (χ1n) is 7.48. The molecule has 3 amide bonds. The van der Waals surface area contributed by atoms with Gasteiger partial charge in [-0.1, -0.05) is 0 Å². The van der Waals surface area contributed by atoms with Crippen LogP contribution in [0, 0.1) is 0 Å². The molecule has 1 heterocycles. The van der Waals surface area contributed by atoms with Crippen molar-refractivity contribution in [3.63, 3.8) is 0 Å². The van der Waals surface area contributed by atoms with Crippen molar-refractivity contribution in [2.24, 2.45) is 0 Å². The fourth-order valence-corrected chi connectivity index (χ4v) is 3.26. The first-order chi connectivity index (χ1) is 10.6. The van der Waals surface area contributed by atoms with Crippen molar-refractivity contribution in [3.8, 4) is 0 Å². The van der Waals surface area contributed by atoms with E-state index < -0.39 is 16.1 Å². The van der Waals surface area contributed by atoms with Crippen LogP contribution in [-0.4, -0.2) is 75.3 Å². The molecule has 1 rings (SSSR count). The largest absolute Gasteiger partial charge is 0.379 e. The highest BCUT2D eigenvalue weighted by atomic mass is 32.2. The molecule has 1 aliphatic rings. The molecule has 0 aliphatic carbocycles. The Morgan fingerprint density at radius 2 is 1.74 bits per heavy atom. The fraction of sp³-hybridized carbons (Fsp3) is 0.846. The van der Waals surface area contributed by atoms with E-state index >= 15 is 0 Å². The van der Waals surface area contributed by atoms with E-state index in [1.807, 2.05) is 20.8 Å². The molecule has 0 saturated carbocycles. The Morgan fingerprint density at radius 3 is 2.30 bits per heavy atom. The molecule has 1 fully saturated rings. The number of rotatable bonds is 6. The SMILES string of the molecule is CC(C)(C)NC(=O)CNC(=O)NCCS(=O)(=O)N1CCOCC1. The number of ether oxygens (including phenoxy) is 1. The lowest BCUT2D eigenvalue weighted by Gasteiger charge is -2.26. The maximum atomic E-state index is 12.0. The van der Waals surface area contributed by atoms with E-state index in [-0.39, 0.29) is 30.3 Å². The first kappa shape index (κ1) is 19.7. The van der Waals surface area contributed by atoms with E-state index in [4.69, 9.17) is 4.74 Å². The van der Waals surface area contributed by atoms with Gasteiger partial charge in [0.1, 0.15) is 0 Å². The molecule has 134 valence electrons. The van der Waals surface area contributed by atoms with Gasteiger partial charge in [0.25, 0.3) is 0 Å². The van der Waals surface area contributed by atoms with E-state index in [1.54, 1.807) is 0 Å². The molecule has 0 atom stereocenters. The Morgan fingerprint density at radius 1 is 1.13 bits per heavy atom. The number of carbonyl (C=O) groups excluding carboxylic acids is 2. The summed E-state index contributed by atoms with van der Waals surface area (Å²) in [5.41, 5.74) is -0.374. The number of amides is 3. The number of hydrogen-bond donors (Lipinski definition) is 3. The third kappa shape index (κ3) is 8.14. The van der Waals surface area contributed by atoms with E-state index in [0.29, 0.717) is 26.3 Å². The third-order valence-electron chi connectivity index (χ3n) is 2.93. The average Bonchev–Trinajstić information content (AvgIpc) is 2.44. The van der Waals surface area contributed by atoms with Gasteiger partial charge in [-0.25, -0.2) is 13.2 Å². The number of nitrogens with zero attached hydrogens (tertiary/aromatic N) is 1. The number of hydrogen-bond acceptors (Lipinski definition) is 5.